The summed E-state index contributed by atoms with van der Waals surface area (Å²) in [7, 11) is 0. The lowest BCUT2D eigenvalue weighted by Crippen LogP contribution is -2.40. The molecule has 0 atom stereocenters. The quantitative estimate of drug-likeness (QED) is 0.504. The Morgan fingerprint density at radius 3 is 1.30 bits per heavy atom. The third-order valence-electron chi connectivity index (χ3n) is 3.57. The monoisotopic (exact) mass is 284 g/mol. The van der Waals surface area contributed by atoms with Crippen LogP contribution in [0.1, 0.15) is 38.5 Å². The molecule has 112 valence electrons. The van der Waals surface area contributed by atoms with Gasteiger partial charge in [-0.15, -0.1) is 0 Å². The van der Waals surface area contributed by atoms with E-state index in [-0.39, 0.29) is 0 Å². The minimum atomic E-state index is -1.24. The first kappa shape index (κ1) is 14.6. The van der Waals surface area contributed by atoms with Crippen LogP contribution in [0.15, 0.2) is 0 Å². The standard InChI is InChI=1S/C13H20N2O5/c16-11(14-7-3-1-4-8-14)19-13(18)20-12(17)15-9-5-2-6-10-15/h1-10H2. The molecule has 2 saturated heterocycles. The molecular formula is C13H20N2O5. The van der Waals surface area contributed by atoms with Crippen molar-refractivity contribution in [3.05, 3.63) is 0 Å². The van der Waals surface area contributed by atoms with Crippen LogP contribution in [0.5, 0.6) is 0 Å². The van der Waals surface area contributed by atoms with Gasteiger partial charge >= 0.3 is 18.3 Å². The maximum atomic E-state index is 11.6. The number of amides is 2. The Kier molecular flexibility index (Phi) is 5.20. The fourth-order valence-corrected chi connectivity index (χ4v) is 2.45. The van der Waals surface area contributed by atoms with Crippen LogP contribution in [-0.4, -0.2) is 54.3 Å². The molecule has 20 heavy (non-hydrogen) atoms. The molecule has 0 aromatic heterocycles. The van der Waals surface area contributed by atoms with Crippen LogP contribution in [0.25, 0.3) is 0 Å². The van der Waals surface area contributed by atoms with E-state index in [2.05, 4.69) is 9.47 Å². The van der Waals surface area contributed by atoms with Gasteiger partial charge < -0.3 is 19.3 Å². The zero-order chi connectivity index (χ0) is 14.4. The number of ether oxygens (including phenoxy) is 2. The fraction of sp³-hybridized carbons (Fsp3) is 0.769. The first-order valence-corrected chi connectivity index (χ1v) is 7.14. The van der Waals surface area contributed by atoms with Crippen LogP contribution in [0.2, 0.25) is 0 Å². The largest absolute Gasteiger partial charge is 0.526 e. The van der Waals surface area contributed by atoms with Crippen molar-refractivity contribution in [3.8, 4) is 0 Å². The van der Waals surface area contributed by atoms with Crippen LogP contribution < -0.4 is 0 Å². The highest BCUT2D eigenvalue weighted by molar-refractivity contribution is 5.87. The van der Waals surface area contributed by atoms with Crippen LogP contribution in [0, 0.1) is 0 Å². The molecule has 0 aliphatic carbocycles. The number of carbonyl (C=O) groups excluding carboxylic acids is 3. The Hall–Kier alpha value is -1.79. The number of piperidine rings is 2. The van der Waals surface area contributed by atoms with E-state index in [1.54, 1.807) is 0 Å². The molecule has 2 heterocycles. The minimum absolute atomic E-state index is 0.576. The Morgan fingerprint density at radius 1 is 0.600 bits per heavy atom. The van der Waals surface area contributed by atoms with Gasteiger partial charge in [0.1, 0.15) is 0 Å². The Balaban J connectivity index is 1.73. The van der Waals surface area contributed by atoms with Crippen LogP contribution in [0.4, 0.5) is 14.4 Å². The number of likely N-dealkylation sites (tertiary alicyclic amines) is 2. The summed E-state index contributed by atoms with van der Waals surface area (Å²) < 4.78 is 9.06. The lowest BCUT2D eigenvalue weighted by molar-refractivity contribution is 0.0592. The third-order valence-corrected chi connectivity index (χ3v) is 3.57. The summed E-state index contributed by atoms with van der Waals surface area (Å²) in [5.41, 5.74) is 0. The molecule has 0 saturated carbocycles. The van der Waals surface area contributed by atoms with Crippen molar-refractivity contribution in [1.29, 1.82) is 0 Å². The van der Waals surface area contributed by atoms with Crippen molar-refractivity contribution < 1.29 is 23.9 Å². The zero-order valence-corrected chi connectivity index (χ0v) is 11.5. The second-order valence-electron chi connectivity index (χ2n) is 5.08. The number of hydrogen-bond donors (Lipinski definition) is 0. The summed E-state index contributed by atoms with van der Waals surface area (Å²) >= 11 is 0. The highest BCUT2D eigenvalue weighted by Crippen LogP contribution is 2.12. The summed E-state index contributed by atoms with van der Waals surface area (Å²) in [6.45, 7) is 2.30. The molecule has 2 rings (SSSR count). The van der Waals surface area contributed by atoms with E-state index in [1.807, 2.05) is 0 Å². The van der Waals surface area contributed by atoms with E-state index < -0.39 is 18.3 Å². The Labute approximate surface area is 117 Å². The average Bonchev–Trinajstić information content (AvgIpc) is 2.49. The molecule has 2 amide bonds. The first-order valence-electron chi connectivity index (χ1n) is 7.14. The smallest absolute Gasteiger partial charge is 0.343 e. The molecule has 2 fully saturated rings. The topological polar surface area (TPSA) is 76.1 Å². The molecule has 2 aliphatic rings. The first-order chi connectivity index (χ1) is 9.66. The normalized spacial score (nSPS) is 19.4. The van der Waals surface area contributed by atoms with Gasteiger partial charge in [0.2, 0.25) is 0 Å². The van der Waals surface area contributed by atoms with E-state index >= 15 is 0 Å². The third kappa shape index (κ3) is 4.11. The summed E-state index contributed by atoms with van der Waals surface area (Å²) in [6.07, 6.45) is 3.03. The average molecular weight is 284 g/mol. The lowest BCUT2D eigenvalue weighted by Gasteiger charge is -2.26. The molecule has 0 N–H and O–H groups in total. The molecule has 0 radical (unpaired) electrons. The van der Waals surface area contributed by atoms with E-state index in [4.69, 9.17) is 0 Å². The highest BCUT2D eigenvalue weighted by Gasteiger charge is 2.25. The molecule has 0 aromatic carbocycles. The molecule has 0 bridgehead atoms. The van der Waals surface area contributed by atoms with Crippen molar-refractivity contribution in [2.45, 2.75) is 38.5 Å². The van der Waals surface area contributed by atoms with Crippen LogP contribution in [0.3, 0.4) is 0 Å². The predicted octanol–water partition coefficient (Wildman–Crippen LogP) is 2.35. The highest BCUT2D eigenvalue weighted by atomic mass is 16.8. The maximum absolute atomic E-state index is 11.6. The summed E-state index contributed by atoms with van der Waals surface area (Å²) in [6, 6.07) is 0. The van der Waals surface area contributed by atoms with Gasteiger partial charge in [-0.1, -0.05) is 0 Å². The fourth-order valence-electron chi connectivity index (χ4n) is 2.45. The SMILES string of the molecule is O=C(OC(=O)N1CCCCC1)OC(=O)N1CCCCC1. The molecule has 2 aliphatic heterocycles. The summed E-state index contributed by atoms with van der Waals surface area (Å²) in [5.74, 6) is 0. The van der Waals surface area contributed by atoms with E-state index in [0.29, 0.717) is 26.2 Å². The number of nitrogens with zero attached hydrogens (tertiary/aromatic N) is 2. The van der Waals surface area contributed by atoms with Gasteiger partial charge in [0.15, 0.2) is 0 Å². The summed E-state index contributed by atoms with van der Waals surface area (Å²) in [4.78, 5) is 37.6. The van der Waals surface area contributed by atoms with Crippen molar-refractivity contribution in [2.24, 2.45) is 0 Å². The number of hydrogen-bond acceptors (Lipinski definition) is 5. The van der Waals surface area contributed by atoms with Gasteiger partial charge in [-0.25, -0.2) is 14.4 Å². The second kappa shape index (κ2) is 7.12. The van der Waals surface area contributed by atoms with Gasteiger partial charge in [0.25, 0.3) is 0 Å². The molecular weight excluding hydrogens is 264 g/mol. The molecule has 0 aromatic rings. The molecule has 7 nitrogen and oxygen atoms in total. The van der Waals surface area contributed by atoms with Crippen molar-refractivity contribution >= 4 is 18.3 Å². The van der Waals surface area contributed by atoms with Gasteiger partial charge in [0.05, 0.1) is 0 Å². The molecule has 7 heteroatoms. The van der Waals surface area contributed by atoms with Crippen LogP contribution in [-0.2, 0) is 9.47 Å². The zero-order valence-electron chi connectivity index (χ0n) is 11.5. The summed E-state index contributed by atoms with van der Waals surface area (Å²) in [5, 5.41) is 0. The molecule has 0 spiro atoms. The van der Waals surface area contributed by atoms with E-state index in [9.17, 15) is 14.4 Å². The van der Waals surface area contributed by atoms with Crippen molar-refractivity contribution in [1.82, 2.24) is 9.80 Å². The van der Waals surface area contributed by atoms with Gasteiger partial charge in [-0.2, -0.15) is 0 Å². The number of carbonyl (C=O) groups is 3. The van der Waals surface area contributed by atoms with Gasteiger partial charge in [-0.05, 0) is 38.5 Å². The Morgan fingerprint density at radius 2 is 0.950 bits per heavy atom. The van der Waals surface area contributed by atoms with Crippen molar-refractivity contribution in [2.75, 3.05) is 26.2 Å². The lowest BCUT2D eigenvalue weighted by atomic mass is 10.1. The van der Waals surface area contributed by atoms with E-state index in [1.165, 1.54) is 9.80 Å². The van der Waals surface area contributed by atoms with Gasteiger partial charge in [-0.3, -0.25) is 0 Å². The minimum Gasteiger partial charge on any atom is -0.343 e. The van der Waals surface area contributed by atoms with Gasteiger partial charge in [0, 0.05) is 26.2 Å². The van der Waals surface area contributed by atoms with E-state index in [0.717, 1.165) is 38.5 Å². The van der Waals surface area contributed by atoms with Crippen molar-refractivity contribution in [3.63, 3.8) is 0 Å². The van der Waals surface area contributed by atoms with Crippen LogP contribution >= 0.6 is 0 Å². The number of rotatable bonds is 0. The second-order valence-corrected chi connectivity index (χ2v) is 5.08. The predicted molar refractivity (Wildman–Crippen MR) is 69.2 cm³/mol. The Bertz CT molecular complexity index is 339. The maximum Gasteiger partial charge on any atom is 0.526 e. The molecule has 0 unspecified atom stereocenters.